The highest BCUT2D eigenvalue weighted by molar-refractivity contribution is 7.87. The molecule has 0 aromatic heterocycles. The molecule has 0 aliphatic carbocycles. The summed E-state index contributed by atoms with van der Waals surface area (Å²) in [4.78, 5) is 12.1. The van der Waals surface area contributed by atoms with Gasteiger partial charge in [0.15, 0.2) is 11.5 Å². The van der Waals surface area contributed by atoms with Crippen LogP contribution in [0.25, 0.3) is 6.08 Å². The van der Waals surface area contributed by atoms with Gasteiger partial charge in [-0.3, -0.25) is 4.79 Å². The average molecular weight is 458 g/mol. The molecule has 1 N–H and O–H groups in total. The van der Waals surface area contributed by atoms with Gasteiger partial charge in [-0.05, 0) is 72.7 Å². The Balaban J connectivity index is 1.74. The maximum absolute atomic E-state index is 12.5. The number of aryl methyl sites for hydroxylation is 1. The Labute approximate surface area is 186 Å². The van der Waals surface area contributed by atoms with Crippen molar-refractivity contribution in [2.45, 2.75) is 11.8 Å². The van der Waals surface area contributed by atoms with Crippen LogP contribution >= 0.6 is 11.6 Å². The summed E-state index contributed by atoms with van der Waals surface area (Å²) in [5, 5.41) is 3.19. The zero-order chi connectivity index (χ0) is 22.4. The van der Waals surface area contributed by atoms with E-state index in [1.54, 1.807) is 24.3 Å². The minimum absolute atomic E-state index is 0.0267. The molecule has 8 heteroatoms. The first kappa shape index (κ1) is 22.4. The molecule has 0 atom stereocenters. The Kier molecular flexibility index (Phi) is 6.99. The summed E-state index contributed by atoms with van der Waals surface area (Å²) < 4.78 is 35.5. The number of carbonyl (C=O) groups excluding carboxylic acids is 1. The monoisotopic (exact) mass is 457 g/mol. The Morgan fingerprint density at radius 1 is 1.00 bits per heavy atom. The molecule has 160 valence electrons. The van der Waals surface area contributed by atoms with Gasteiger partial charge in [-0.1, -0.05) is 29.8 Å². The van der Waals surface area contributed by atoms with E-state index in [-0.39, 0.29) is 22.3 Å². The first-order valence-electron chi connectivity index (χ1n) is 9.21. The smallest absolute Gasteiger partial charge is 0.339 e. The second kappa shape index (κ2) is 9.68. The summed E-state index contributed by atoms with van der Waals surface area (Å²) >= 11 is 5.80. The van der Waals surface area contributed by atoms with Gasteiger partial charge in [0.05, 0.1) is 7.11 Å². The van der Waals surface area contributed by atoms with Crippen molar-refractivity contribution in [1.82, 2.24) is 0 Å². The van der Waals surface area contributed by atoms with E-state index >= 15 is 0 Å². The molecule has 0 saturated carbocycles. The largest absolute Gasteiger partial charge is 0.493 e. The van der Waals surface area contributed by atoms with Crippen molar-refractivity contribution < 1.29 is 22.1 Å². The fourth-order valence-corrected chi connectivity index (χ4v) is 3.77. The molecule has 31 heavy (non-hydrogen) atoms. The van der Waals surface area contributed by atoms with Crippen LogP contribution in [-0.2, 0) is 14.9 Å². The number of anilines is 1. The lowest BCUT2D eigenvalue weighted by atomic mass is 10.2. The molecule has 3 aromatic rings. The molecule has 0 unspecified atom stereocenters. The molecule has 0 aliphatic rings. The SMILES string of the molecule is COc1cc(C=CC(=O)Nc2cccc(C)c2)ccc1OS(=O)(=O)c1ccc(Cl)cc1. The standard InChI is InChI=1S/C23H20ClNO5S/c1-16-4-3-5-19(14-16)25-23(26)13-7-17-6-12-21(22(15-17)29-2)30-31(27,28)20-10-8-18(24)9-11-20/h3-15H,1-2H3,(H,25,26). The van der Waals surface area contributed by atoms with Crippen LogP contribution in [-0.4, -0.2) is 21.4 Å². The summed E-state index contributed by atoms with van der Waals surface area (Å²) in [6.07, 6.45) is 2.97. The average Bonchev–Trinajstić information content (AvgIpc) is 2.73. The molecular weight excluding hydrogens is 438 g/mol. The molecule has 0 saturated heterocycles. The quantitative estimate of drug-likeness (QED) is 0.395. The lowest BCUT2D eigenvalue weighted by Crippen LogP contribution is -2.10. The van der Waals surface area contributed by atoms with Crippen molar-refractivity contribution in [3.63, 3.8) is 0 Å². The number of nitrogens with one attached hydrogen (secondary N) is 1. The number of halogens is 1. The second-order valence-corrected chi connectivity index (χ2v) is 8.58. The number of methoxy groups -OCH3 is 1. The van der Waals surface area contributed by atoms with Crippen molar-refractivity contribution in [3.05, 3.63) is 89.0 Å². The fourth-order valence-electron chi connectivity index (χ4n) is 2.70. The second-order valence-electron chi connectivity index (χ2n) is 6.59. The van der Waals surface area contributed by atoms with E-state index in [0.717, 1.165) is 5.56 Å². The van der Waals surface area contributed by atoms with Crippen LogP contribution in [0.5, 0.6) is 11.5 Å². The molecule has 0 bridgehead atoms. The lowest BCUT2D eigenvalue weighted by molar-refractivity contribution is -0.111. The van der Waals surface area contributed by atoms with Crippen molar-refractivity contribution in [1.29, 1.82) is 0 Å². The normalized spacial score (nSPS) is 11.3. The fraction of sp³-hybridized carbons (Fsp3) is 0.0870. The predicted molar refractivity (Wildman–Crippen MR) is 121 cm³/mol. The lowest BCUT2D eigenvalue weighted by Gasteiger charge is -2.11. The van der Waals surface area contributed by atoms with Crippen LogP contribution in [0.4, 0.5) is 5.69 Å². The van der Waals surface area contributed by atoms with Gasteiger partial charge in [-0.15, -0.1) is 0 Å². The van der Waals surface area contributed by atoms with Gasteiger partial charge in [0.1, 0.15) is 4.90 Å². The summed E-state index contributed by atoms with van der Waals surface area (Å²) in [5.41, 5.74) is 2.37. The number of carbonyl (C=O) groups is 1. The molecule has 0 radical (unpaired) electrons. The summed E-state index contributed by atoms with van der Waals surface area (Å²) in [6, 6.07) is 17.7. The maximum atomic E-state index is 12.5. The molecule has 1 amide bonds. The molecule has 0 fully saturated rings. The maximum Gasteiger partial charge on any atom is 0.339 e. The van der Waals surface area contributed by atoms with E-state index < -0.39 is 10.1 Å². The van der Waals surface area contributed by atoms with Crippen molar-refractivity contribution in [2.75, 3.05) is 12.4 Å². The number of rotatable bonds is 7. The number of amides is 1. The minimum atomic E-state index is -4.06. The van der Waals surface area contributed by atoms with Gasteiger partial charge in [-0.25, -0.2) is 0 Å². The van der Waals surface area contributed by atoms with Gasteiger partial charge in [0.2, 0.25) is 5.91 Å². The van der Waals surface area contributed by atoms with Crippen LogP contribution in [0.1, 0.15) is 11.1 Å². The van der Waals surface area contributed by atoms with Gasteiger partial charge in [0.25, 0.3) is 0 Å². The van der Waals surface area contributed by atoms with Gasteiger partial charge in [-0.2, -0.15) is 8.42 Å². The topological polar surface area (TPSA) is 81.7 Å². The zero-order valence-corrected chi connectivity index (χ0v) is 18.4. The van der Waals surface area contributed by atoms with E-state index in [2.05, 4.69) is 5.32 Å². The molecule has 6 nitrogen and oxygen atoms in total. The van der Waals surface area contributed by atoms with Crippen LogP contribution in [0.2, 0.25) is 5.02 Å². The van der Waals surface area contributed by atoms with Crippen molar-refractivity contribution >= 4 is 39.4 Å². The predicted octanol–water partition coefficient (Wildman–Crippen LogP) is 5.08. The van der Waals surface area contributed by atoms with E-state index in [1.165, 1.54) is 43.5 Å². The molecule has 3 aromatic carbocycles. The first-order valence-corrected chi connectivity index (χ1v) is 11.0. The summed E-state index contributed by atoms with van der Waals surface area (Å²) in [6.45, 7) is 1.94. The van der Waals surface area contributed by atoms with E-state index in [4.69, 9.17) is 20.5 Å². The van der Waals surface area contributed by atoms with Crippen molar-refractivity contribution in [2.24, 2.45) is 0 Å². The van der Waals surface area contributed by atoms with Crippen LogP contribution in [0.3, 0.4) is 0 Å². The van der Waals surface area contributed by atoms with Gasteiger partial charge >= 0.3 is 10.1 Å². The molecule has 0 aliphatic heterocycles. The van der Waals surface area contributed by atoms with Gasteiger partial charge in [0, 0.05) is 16.8 Å². The third-order valence-corrected chi connectivity index (χ3v) is 5.70. The van der Waals surface area contributed by atoms with E-state index in [1.807, 2.05) is 25.1 Å². The minimum Gasteiger partial charge on any atom is -0.493 e. The number of hydrogen-bond donors (Lipinski definition) is 1. The third kappa shape index (κ3) is 6.10. The Bertz CT molecular complexity index is 1220. The number of benzene rings is 3. The Hall–Kier alpha value is -3.29. The molecule has 0 heterocycles. The Morgan fingerprint density at radius 2 is 1.74 bits per heavy atom. The van der Waals surface area contributed by atoms with E-state index in [0.29, 0.717) is 16.3 Å². The van der Waals surface area contributed by atoms with Crippen LogP contribution in [0, 0.1) is 6.92 Å². The van der Waals surface area contributed by atoms with Gasteiger partial charge < -0.3 is 14.2 Å². The Morgan fingerprint density at radius 3 is 2.42 bits per heavy atom. The zero-order valence-electron chi connectivity index (χ0n) is 16.8. The highest BCUT2D eigenvalue weighted by Gasteiger charge is 2.19. The first-order chi connectivity index (χ1) is 14.8. The highest BCUT2D eigenvalue weighted by Crippen LogP contribution is 2.31. The number of ether oxygens (including phenoxy) is 1. The highest BCUT2D eigenvalue weighted by atomic mass is 35.5. The molecule has 0 spiro atoms. The number of hydrogen-bond acceptors (Lipinski definition) is 5. The van der Waals surface area contributed by atoms with Crippen molar-refractivity contribution in [3.8, 4) is 11.5 Å². The van der Waals surface area contributed by atoms with E-state index in [9.17, 15) is 13.2 Å². The third-order valence-electron chi connectivity index (χ3n) is 4.20. The molecular formula is C23H20ClNO5S. The summed E-state index contributed by atoms with van der Waals surface area (Å²) in [7, 11) is -2.66. The summed E-state index contributed by atoms with van der Waals surface area (Å²) in [5.74, 6) is -0.0622. The van der Waals surface area contributed by atoms with Crippen LogP contribution < -0.4 is 14.2 Å². The molecule has 3 rings (SSSR count). The van der Waals surface area contributed by atoms with Crippen LogP contribution in [0.15, 0.2) is 77.7 Å².